The summed E-state index contributed by atoms with van der Waals surface area (Å²) in [5.74, 6) is 0.893. The van der Waals surface area contributed by atoms with E-state index in [1.807, 2.05) is 30.5 Å². The van der Waals surface area contributed by atoms with Gasteiger partial charge < -0.3 is 4.74 Å². The number of halogens is 1. The van der Waals surface area contributed by atoms with E-state index in [-0.39, 0.29) is 6.04 Å². The molecule has 0 saturated heterocycles. The van der Waals surface area contributed by atoms with Crippen LogP contribution >= 0.6 is 11.6 Å². The zero-order valence-electron chi connectivity index (χ0n) is 9.51. The number of ether oxygens (including phenoxy) is 1. The Morgan fingerprint density at radius 2 is 2.41 bits per heavy atom. The molecule has 4 heteroatoms. The van der Waals surface area contributed by atoms with Crippen LogP contribution in [0.1, 0.15) is 12.0 Å². The summed E-state index contributed by atoms with van der Waals surface area (Å²) in [5.41, 5.74) is 0.948. The molecule has 1 aliphatic rings. The van der Waals surface area contributed by atoms with Crippen molar-refractivity contribution in [2.75, 3.05) is 7.11 Å². The summed E-state index contributed by atoms with van der Waals surface area (Å²) in [6.45, 7) is 0. The van der Waals surface area contributed by atoms with Gasteiger partial charge in [-0.25, -0.2) is 4.98 Å². The number of hydrogen-bond donors (Lipinski definition) is 0. The number of pyridine rings is 1. The average molecular weight is 249 g/mol. The largest absolute Gasteiger partial charge is 0.497 e. The highest BCUT2D eigenvalue weighted by molar-refractivity contribution is 6.29. The molecule has 1 atom stereocenters. The van der Waals surface area contributed by atoms with Crippen molar-refractivity contribution in [3.63, 3.8) is 0 Å². The molecule has 0 radical (unpaired) electrons. The summed E-state index contributed by atoms with van der Waals surface area (Å²) in [5, 5.41) is 0.493. The quantitative estimate of drug-likeness (QED) is 0.609. The van der Waals surface area contributed by atoms with Crippen LogP contribution < -0.4 is 0 Å². The Kier molecular flexibility index (Phi) is 3.94. The second-order valence-corrected chi connectivity index (χ2v) is 4.05. The minimum atomic E-state index is 0.171. The number of aromatic nitrogens is 1. The molecular weight excluding hydrogens is 236 g/mol. The first-order chi connectivity index (χ1) is 8.28. The van der Waals surface area contributed by atoms with Gasteiger partial charge in [0, 0.05) is 18.0 Å². The summed E-state index contributed by atoms with van der Waals surface area (Å²) in [6, 6.07) is 3.81. The Bertz CT molecular complexity index is 463. The minimum Gasteiger partial charge on any atom is -0.497 e. The molecule has 88 valence electrons. The monoisotopic (exact) mass is 248 g/mol. The number of hydrogen-bond acceptors (Lipinski definition) is 3. The van der Waals surface area contributed by atoms with Crippen LogP contribution in [0.5, 0.6) is 0 Å². The Morgan fingerprint density at radius 1 is 1.53 bits per heavy atom. The molecule has 3 nitrogen and oxygen atoms in total. The lowest BCUT2D eigenvalue weighted by Gasteiger charge is -2.11. The molecule has 0 saturated carbocycles. The highest BCUT2D eigenvalue weighted by Crippen LogP contribution is 2.13. The van der Waals surface area contributed by atoms with Crippen molar-refractivity contribution >= 4 is 17.8 Å². The lowest BCUT2D eigenvalue weighted by atomic mass is 10.1. The van der Waals surface area contributed by atoms with Crippen LogP contribution in [0.15, 0.2) is 47.3 Å². The van der Waals surface area contributed by atoms with Crippen LogP contribution in [0, 0.1) is 0 Å². The summed E-state index contributed by atoms with van der Waals surface area (Å²) >= 11 is 5.70. The number of rotatable bonds is 3. The second-order valence-electron chi connectivity index (χ2n) is 3.67. The molecule has 0 spiro atoms. The maximum absolute atomic E-state index is 5.70. The van der Waals surface area contributed by atoms with Gasteiger partial charge in [-0.05, 0) is 30.7 Å². The van der Waals surface area contributed by atoms with Crippen molar-refractivity contribution in [2.24, 2.45) is 4.99 Å². The minimum absolute atomic E-state index is 0.171. The first-order valence-corrected chi connectivity index (χ1v) is 5.73. The smallest absolute Gasteiger partial charge is 0.129 e. The van der Waals surface area contributed by atoms with Crippen LogP contribution in [-0.4, -0.2) is 24.4 Å². The van der Waals surface area contributed by atoms with Gasteiger partial charge in [0.1, 0.15) is 10.9 Å². The third-order valence-electron chi connectivity index (χ3n) is 2.44. The van der Waals surface area contributed by atoms with Crippen molar-refractivity contribution in [1.82, 2.24) is 4.98 Å². The van der Waals surface area contributed by atoms with Gasteiger partial charge in [0.25, 0.3) is 0 Å². The number of aliphatic imine (C=N–C) groups is 1. The zero-order valence-corrected chi connectivity index (χ0v) is 10.3. The van der Waals surface area contributed by atoms with Gasteiger partial charge in [0.2, 0.25) is 0 Å². The Labute approximate surface area is 105 Å². The molecule has 1 aromatic rings. The summed E-state index contributed by atoms with van der Waals surface area (Å²) in [7, 11) is 1.67. The van der Waals surface area contributed by atoms with E-state index in [0.717, 1.165) is 17.7 Å². The molecular formula is C13H13ClN2O. The standard InChI is InChI=1S/C13H13ClN2O/c1-17-12-5-3-11(4-6-12)15-8-10-2-7-13(14)16-9-10/h2-3,5-9,11H,4H2,1H3. The van der Waals surface area contributed by atoms with E-state index < -0.39 is 0 Å². The first kappa shape index (κ1) is 11.9. The molecule has 1 unspecified atom stereocenters. The lowest BCUT2D eigenvalue weighted by Crippen LogP contribution is -2.04. The highest BCUT2D eigenvalue weighted by Gasteiger charge is 2.05. The molecule has 0 aromatic carbocycles. The average Bonchev–Trinajstić information content (AvgIpc) is 2.39. The van der Waals surface area contributed by atoms with Gasteiger partial charge >= 0.3 is 0 Å². The maximum Gasteiger partial charge on any atom is 0.129 e. The fraction of sp³-hybridized carbons (Fsp3) is 0.231. The lowest BCUT2D eigenvalue weighted by molar-refractivity contribution is 0.303. The van der Waals surface area contributed by atoms with E-state index >= 15 is 0 Å². The Balaban J connectivity index is 1.97. The van der Waals surface area contributed by atoms with E-state index in [0.29, 0.717) is 5.15 Å². The molecule has 1 aromatic heterocycles. The molecule has 0 amide bonds. The molecule has 2 rings (SSSR count). The predicted octanol–water partition coefficient (Wildman–Crippen LogP) is 3.01. The zero-order chi connectivity index (χ0) is 12.1. The molecule has 17 heavy (non-hydrogen) atoms. The Morgan fingerprint density at radius 3 is 3.00 bits per heavy atom. The molecule has 0 N–H and O–H groups in total. The van der Waals surface area contributed by atoms with Crippen molar-refractivity contribution in [3.05, 3.63) is 53.0 Å². The topological polar surface area (TPSA) is 34.5 Å². The molecule has 1 aliphatic carbocycles. The predicted molar refractivity (Wildman–Crippen MR) is 69.5 cm³/mol. The van der Waals surface area contributed by atoms with Crippen LogP contribution in [0.3, 0.4) is 0 Å². The second kappa shape index (κ2) is 5.64. The van der Waals surface area contributed by atoms with E-state index in [2.05, 4.69) is 9.98 Å². The van der Waals surface area contributed by atoms with Gasteiger partial charge in [-0.2, -0.15) is 0 Å². The third kappa shape index (κ3) is 3.43. The molecule has 1 heterocycles. The maximum atomic E-state index is 5.70. The van der Waals surface area contributed by atoms with Crippen molar-refractivity contribution in [2.45, 2.75) is 12.5 Å². The van der Waals surface area contributed by atoms with Crippen molar-refractivity contribution < 1.29 is 4.74 Å². The first-order valence-electron chi connectivity index (χ1n) is 5.35. The Hall–Kier alpha value is -1.61. The summed E-state index contributed by atoms with van der Waals surface area (Å²) < 4.78 is 5.11. The van der Waals surface area contributed by atoms with Gasteiger partial charge in [0.05, 0.1) is 13.2 Å². The van der Waals surface area contributed by atoms with Gasteiger partial charge in [-0.1, -0.05) is 17.7 Å². The van der Waals surface area contributed by atoms with Crippen molar-refractivity contribution in [3.8, 4) is 0 Å². The van der Waals surface area contributed by atoms with Gasteiger partial charge in [-0.15, -0.1) is 0 Å². The van der Waals surface area contributed by atoms with Crippen LogP contribution in [0.25, 0.3) is 0 Å². The fourth-order valence-electron chi connectivity index (χ4n) is 1.50. The summed E-state index contributed by atoms with van der Waals surface area (Å²) in [6.07, 6.45) is 10.4. The number of methoxy groups -OCH3 is 1. The number of allylic oxidation sites excluding steroid dienone is 1. The number of nitrogens with zero attached hydrogens (tertiary/aromatic N) is 2. The normalized spacial score (nSPS) is 19.4. The highest BCUT2D eigenvalue weighted by atomic mass is 35.5. The van der Waals surface area contributed by atoms with Gasteiger partial charge in [-0.3, -0.25) is 4.99 Å². The van der Waals surface area contributed by atoms with Crippen LogP contribution in [0.2, 0.25) is 5.15 Å². The van der Waals surface area contributed by atoms with Crippen molar-refractivity contribution in [1.29, 1.82) is 0 Å². The van der Waals surface area contributed by atoms with Gasteiger partial charge in [0.15, 0.2) is 0 Å². The van der Waals surface area contributed by atoms with E-state index in [1.54, 1.807) is 19.4 Å². The molecule has 0 aliphatic heterocycles. The SMILES string of the molecule is COC1=CCC(N=Cc2ccc(Cl)nc2)C=C1. The van der Waals surface area contributed by atoms with E-state index in [1.165, 1.54) is 0 Å². The molecule has 0 fully saturated rings. The third-order valence-corrected chi connectivity index (χ3v) is 2.67. The fourth-order valence-corrected chi connectivity index (χ4v) is 1.61. The molecule has 0 bridgehead atoms. The summed E-state index contributed by atoms with van der Waals surface area (Å²) in [4.78, 5) is 8.45. The van der Waals surface area contributed by atoms with Crippen LogP contribution in [0.4, 0.5) is 0 Å². The van der Waals surface area contributed by atoms with Crippen LogP contribution in [-0.2, 0) is 4.74 Å². The van der Waals surface area contributed by atoms with E-state index in [4.69, 9.17) is 16.3 Å². The van der Waals surface area contributed by atoms with E-state index in [9.17, 15) is 0 Å².